The van der Waals surface area contributed by atoms with E-state index in [4.69, 9.17) is 9.47 Å². The summed E-state index contributed by atoms with van der Waals surface area (Å²) in [6.07, 6.45) is 0.972. The first-order chi connectivity index (χ1) is 16.1. The molecule has 0 unspecified atom stereocenters. The van der Waals surface area contributed by atoms with Crippen LogP contribution in [0.2, 0.25) is 0 Å². The van der Waals surface area contributed by atoms with E-state index in [1.54, 1.807) is 4.68 Å². The molecule has 33 heavy (non-hydrogen) atoms. The lowest BCUT2D eigenvalue weighted by Crippen LogP contribution is -2.47. The maximum atomic E-state index is 13.5. The number of piperidine rings is 1. The number of aromatic nitrogens is 4. The SMILES string of the molecule is Cc1ccc2c(c1)[C@H]1CN(C)CC[C@@H]1N2C(=O)CSc1nnnn1-c1ccc2c(c1)OCO2. The molecule has 9 nitrogen and oxygen atoms in total. The molecule has 0 radical (unpaired) electrons. The second-order valence-corrected chi connectivity index (χ2v) is 9.69. The van der Waals surface area contributed by atoms with E-state index in [1.165, 1.54) is 22.9 Å². The van der Waals surface area contributed by atoms with E-state index < -0.39 is 0 Å². The third-order valence-corrected chi connectivity index (χ3v) is 7.49. The zero-order valence-electron chi connectivity index (χ0n) is 18.5. The minimum atomic E-state index is 0.0855. The summed E-state index contributed by atoms with van der Waals surface area (Å²) in [7, 11) is 2.15. The number of aryl methyl sites for hydroxylation is 1. The number of thioether (sulfide) groups is 1. The summed E-state index contributed by atoms with van der Waals surface area (Å²) in [6.45, 7) is 4.28. The number of nitrogens with zero attached hydrogens (tertiary/aromatic N) is 6. The molecule has 1 fully saturated rings. The molecule has 0 saturated carbocycles. The van der Waals surface area contributed by atoms with Gasteiger partial charge < -0.3 is 19.3 Å². The van der Waals surface area contributed by atoms with Crippen molar-refractivity contribution >= 4 is 23.4 Å². The lowest BCUT2D eigenvalue weighted by molar-refractivity contribution is -0.116. The van der Waals surface area contributed by atoms with E-state index in [2.05, 4.69) is 52.6 Å². The van der Waals surface area contributed by atoms with Crippen molar-refractivity contribution in [2.75, 3.05) is 37.6 Å². The molecule has 3 aliphatic heterocycles. The van der Waals surface area contributed by atoms with Crippen LogP contribution in [-0.2, 0) is 4.79 Å². The van der Waals surface area contributed by atoms with Gasteiger partial charge in [0, 0.05) is 30.3 Å². The van der Waals surface area contributed by atoms with E-state index >= 15 is 0 Å². The van der Waals surface area contributed by atoms with Crippen molar-refractivity contribution in [3.8, 4) is 17.2 Å². The minimum absolute atomic E-state index is 0.0855. The molecule has 1 amide bonds. The molecule has 10 heteroatoms. The number of hydrogen-bond donors (Lipinski definition) is 0. The fraction of sp³-hybridized carbons (Fsp3) is 0.391. The van der Waals surface area contributed by atoms with Crippen LogP contribution in [-0.4, -0.2) is 69.7 Å². The highest BCUT2D eigenvalue weighted by Crippen LogP contribution is 2.45. The highest BCUT2D eigenvalue weighted by atomic mass is 32.2. The van der Waals surface area contributed by atoms with Crippen molar-refractivity contribution in [2.24, 2.45) is 0 Å². The fourth-order valence-electron chi connectivity index (χ4n) is 5.05. The van der Waals surface area contributed by atoms with Gasteiger partial charge in [-0.05, 0) is 61.1 Å². The van der Waals surface area contributed by atoms with Crippen LogP contribution < -0.4 is 14.4 Å². The largest absolute Gasteiger partial charge is 0.454 e. The normalized spacial score (nSPS) is 21.2. The van der Waals surface area contributed by atoms with Crippen LogP contribution in [0.1, 0.15) is 23.5 Å². The molecule has 2 aromatic carbocycles. The highest BCUT2D eigenvalue weighted by Gasteiger charge is 2.43. The molecule has 6 rings (SSSR count). The van der Waals surface area contributed by atoms with Gasteiger partial charge in [-0.3, -0.25) is 4.79 Å². The number of likely N-dealkylation sites (tertiary alicyclic amines) is 1. The average molecular weight is 465 g/mol. The van der Waals surface area contributed by atoms with Gasteiger partial charge in [-0.25, -0.2) is 0 Å². The summed E-state index contributed by atoms with van der Waals surface area (Å²) in [5, 5.41) is 12.6. The van der Waals surface area contributed by atoms with Crippen LogP contribution in [0.25, 0.3) is 5.69 Å². The number of likely N-dealkylation sites (N-methyl/N-ethyl adjacent to an activating group) is 1. The molecule has 170 valence electrons. The molecule has 3 aromatic rings. The first-order valence-corrected chi connectivity index (χ1v) is 12.0. The summed E-state index contributed by atoms with van der Waals surface area (Å²) >= 11 is 1.35. The topological polar surface area (TPSA) is 85.6 Å². The monoisotopic (exact) mass is 464 g/mol. The predicted octanol–water partition coefficient (Wildman–Crippen LogP) is 2.63. The summed E-state index contributed by atoms with van der Waals surface area (Å²) < 4.78 is 12.5. The van der Waals surface area contributed by atoms with Crippen molar-refractivity contribution in [3.05, 3.63) is 47.5 Å². The summed E-state index contributed by atoms with van der Waals surface area (Å²) in [6, 6.07) is 12.2. The number of carbonyl (C=O) groups is 1. The van der Waals surface area contributed by atoms with Crippen LogP contribution in [0.4, 0.5) is 5.69 Å². The van der Waals surface area contributed by atoms with Gasteiger partial charge in [-0.2, -0.15) is 4.68 Å². The number of benzene rings is 2. The third kappa shape index (κ3) is 3.53. The molecule has 3 aliphatic rings. The molecular formula is C23H24N6O3S. The van der Waals surface area contributed by atoms with Crippen LogP contribution in [0, 0.1) is 6.92 Å². The molecule has 1 saturated heterocycles. The van der Waals surface area contributed by atoms with Crippen molar-refractivity contribution in [1.82, 2.24) is 25.1 Å². The first-order valence-electron chi connectivity index (χ1n) is 11.0. The van der Waals surface area contributed by atoms with Gasteiger partial charge >= 0.3 is 0 Å². The van der Waals surface area contributed by atoms with Crippen LogP contribution in [0.15, 0.2) is 41.6 Å². The quantitative estimate of drug-likeness (QED) is 0.545. The Labute approximate surface area is 195 Å². The van der Waals surface area contributed by atoms with Gasteiger partial charge in [0.15, 0.2) is 11.5 Å². The van der Waals surface area contributed by atoms with Crippen molar-refractivity contribution in [3.63, 3.8) is 0 Å². The Hall–Kier alpha value is -3.11. The van der Waals surface area contributed by atoms with E-state index in [9.17, 15) is 4.79 Å². The van der Waals surface area contributed by atoms with Crippen LogP contribution in [0.3, 0.4) is 0 Å². The maximum absolute atomic E-state index is 13.5. The van der Waals surface area contributed by atoms with E-state index in [1.807, 2.05) is 23.1 Å². The Morgan fingerprint density at radius 2 is 2.06 bits per heavy atom. The fourth-order valence-corrected chi connectivity index (χ4v) is 5.80. The second-order valence-electron chi connectivity index (χ2n) is 8.75. The number of hydrogen-bond acceptors (Lipinski definition) is 8. The highest BCUT2D eigenvalue weighted by molar-refractivity contribution is 7.99. The van der Waals surface area contributed by atoms with Crippen LogP contribution >= 0.6 is 11.8 Å². The number of anilines is 1. The summed E-state index contributed by atoms with van der Waals surface area (Å²) in [4.78, 5) is 17.9. The summed E-state index contributed by atoms with van der Waals surface area (Å²) in [5.41, 5.74) is 4.32. The summed E-state index contributed by atoms with van der Waals surface area (Å²) in [5.74, 6) is 2.06. The number of tetrazole rings is 1. The van der Waals surface area contributed by atoms with E-state index in [0.29, 0.717) is 22.6 Å². The molecule has 0 N–H and O–H groups in total. The first kappa shape index (κ1) is 20.5. The lowest BCUT2D eigenvalue weighted by Gasteiger charge is -2.36. The molecular weight excluding hydrogens is 440 g/mol. The standard InChI is InChI=1S/C23H24N6O3S/c1-14-3-5-18-16(9-14)17-11-27(2)8-7-19(17)28(18)22(30)12-33-23-24-25-26-29(23)15-4-6-20-21(10-15)32-13-31-20/h3-6,9-10,17,19H,7-8,11-13H2,1-2H3/t17-,19+/m1/s1. The number of amides is 1. The molecule has 1 aromatic heterocycles. The molecule has 4 heterocycles. The maximum Gasteiger partial charge on any atom is 0.237 e. The Morgan fingerprint density at radius 3 is 2.97 bits per heavy atom. The van der Waals surface area contributed by atoms with Gasteiger partial charge in [-0.1, -0.05) is 29.5 Å². The smallest absolute Gasteiger partial charge is 0.237 e. The molecule has 2 atom stereocenters. The Bertz CT molecular complexity index is 1230. The zero-order valence-corrected chi connectivity index (χ0v) is 19.3. The minimum Gasteiger partial charge on any atom is -0.454 e. The van der Waals surface area contributed by atoms with E-state index in [0.717, 1.165) is 30.9 Å². The number of carbonyl (C=O) groups excluding carboxylic acids is 1. The van der Waals surface area contributed by atoms with Gasteiger partial charge in [0.1, 0.15) is 0 Å². The average Bonchev–Trinajstić information content (AvgIpc) is 3.54. The van der Waals surface area contributed by atoms with Gasteiger partial charge in [0.2, 0.25) is 17.9 Å². The zero-order chi connectivity index (χ0) is 22.5. The van der Waals surface area contributed by atoms with Crippen LogP contribution in [0.5, 0.6) is 11.5 Å². The Balaban J connectivity index is 1.23. The number of ether oxygens (including phenoxy) is 2. The second kappa shape index (κ2) is 8.03. The lowest BCUT2D eigenvalue weighted by atomic mass is 9.89. The molecule has 0 spiro atoms. The number of fused-ring (bicyclic) bond motifs is 4. The van der Waals surface area contributed by atoms with Crippen molar-refractivity contribution in [1.29, 1.82) is 0 Å². The van der Waals surface area contributed by atoms with Crippen molar-refractivity contribution in [2.45, 2.75) is 30.5 Å². The Kier molecular flexibility index (Phi) is 4.99. The van der Waals surface area contributed by atoms with Crippen molar-refractivity contribution < 1.29 is 14.3 Å². The number of rotatable bonds is 4. The van der Waals surface area contributed by atoms with E-state index in [-0.39, 0.29) is 24.5 Å². The van der Waals surface area contributed by atoms with Gasteiger partial charge in [0.25, 0.3) is 0 Å². The van der Waals surface area contributed by atoms with Gasteiger partial charge in [0.05, 0.1) is 11.4 Å². The third-order valence-electron chi connectivity index (χ3n) is 6.59. The molecule has 0 bridgehead atoms. The Morgan fingerprint density at radius 1 is 1.18 bits per heavy atom. The molecule has 0 aliphatic carbocycles. The van der Waals surface area contributed by atoms with Gasteiger partial charge in [-0.15, -0.1) is 5.10 Å². The predicted molar refractivity (Wildman–Crippen MR) is 123 cm³/mol.